The number of hydrogen-bond donors (Lipinski definition) is 3. The lowest BCUT2D eigenvalue weighted by atomic mass is 10.1. The summed E-state index contributed by atoms with van der Waals surface area (Å²) in [5, 5.41) is 11.9. The van der Waals surface area contributed by atoms with Crippen molar-refractivity contribution in [1.82, 2.24) is 5.32 Å². The van der Waals surface area contributed by atoms with E-state index in [2.05, 4.69) is 56.6 Å². The van der Waals surface area contributed by atoms with Crippen LogP contribution in [0.4, 0.5) is 0 Å². The summed E-state index contributed by atoms with van der Waals surface area (Å²) < 4.78 is 5.68. The highest BCUT2D eigenvalue weighted by Gasteiger charge is 1.96. The first-order valence-corrected chi connectivity index (χ1v) is 17.9. The molecule has 0 aromatic carbocycles. The number of thiol groups is 1. The number of aliphatic hydroxyl groups excluding tert-OH is 1. The van der Waals surface area contributed by atoms with E-state index in [1.165, 1.54) is 116 Å². The topological polar surface area (TPSA) is 90.1 Å². The van der Waals surface area contributed by atoms with Crippen LogP contribution in [0.15, 0.2) is 36.6 Å². The Hall–Kier alpha value is -1.08. The molecule has 0 fully saturated rings. The van der Waals surface area contributed by atoms with Crippen LogP contribution in [0.5, 0.6) is 0 Å². The van der Waals surface area contributed by atoms with Crippen molar-refractivity contribution in [3.8, 4) is 0 Å². The summed E-state index contributed by atoms with van der Waals surface area (Å²) in [5.74, 6) is 0.938. The molecule has 0 spiro atoms. The molecule has 0 aliphatic rings. The van der Waals surface area contributed by atoms with Gasteiger partial charge in [0.25, 0.3) is 0 Å². The summed E-state index contributed by atoms with van der Waals surface area (Å²) in [5.41, 5.74) is 0. The third-order valence-corrected chi connectivity index (χ3v) is 6.76. The Morgan fingerprint density at radius 2 is 1.12 bits per heavy atom. The van der Waals surface area contributed by atoms with Crippen LogP contribution in [0.1, 0.15) is 155 Å². The zero-order valence-corrected chi connectivity index (χ0v) is 29.1. The number of aliphatic hydroxyl groups is 1. The van der Waals surface area contributed by atoms with Crippen LogP contribution < -0.4 is 5.32 Å². The van der Waals surface area contributed by atoms with Crippen molar-refractivity contribution >= 4 is 18.9 Å². The summed E-state index contributed by atoms with van der Waals surface area (Å²) in [6, 6.07) is 0. The highest BCUT2D eigenvalue weighted by molar-refractivity contribution is 7.79. The minimum absolute atomic E-state index is 0. The lowest BCUT2D eigenvalue weighted by molar-refractivity contribution is -0.107. The Morgan fingerprint density at radius 1 is 0.667 bits per heavy atom. The van der Waals surface area contributed by atoms with E-state index in [-0.39, 0.29) is 12.1 Å². The molecule has 0 aliphatic heterocycles. The van der Waals surface area contributed by atoms with Crippen molar-refractivity contribution in [2.24, 2.45) is 0 Å². The number of ether oxygens (including phenoxy) is 1. The van der Waals surface area contributed by atoms with Gasteiger partial charge in [-0.15, -0.1) is 0 Å². The number of aldehydes is 1. The normalized spacial score (nSPS) is 10.5. The fourth-order valence-electron chi connectivity index (χ4n) is 4.23. The van der Waals surface area contributed by atoms with Gasteiger partial charge >= 0.3 is 0 Å². The van der Waals surface area contributed by atoms with Crippen LogP contribution in [-0.4, -0.2) is 49.4 Å². The number of rotatable bonds is 30. The Labute approximate surface area is 268 Å². The highest BCUT2D eigenvalue weighted by Crippen LogP contribution is 2.11. The molecular formula is C36H73NO4S. The molecule has 0 amide bonds. The molecule has 0 heterocycles. The summed E-state index contributed by atoms with van der Waals surface area (Å²) in [6.07, 6.45) is 37.9. The molecule has 0 unspecified atom stereocenters. The third kappa shape index (κ3) is 51.6. The Bertz CT molecular complexity index is 540. The zero-order chi connectivity index (χ0) is 30.9. The van der Waals surface area contributed by atoms with Gasteiger partial charge in [0, 0.05) is 12.8 Å². The van der Waals surface area contributed by atoms with Crippen molar-refractivity contribution < 1.29 is 20.1 Å². The summed E-state index contributed by atoms with van der Waals surface area (Å²) in [4.78, 5) is 10.2. The molecular weight excluding hydrogens is 542 g/mol. The first kappa shape index (κ1) is 47.8. The van der Waals surface area contributed by atoms with Crippen LogP contribution in [0, 0.1) is 0 Å². The molecule has 0 atom stereocenters. The fraction of sp³-hybridized carbons (Fsp3) is 0.806. The van der Waals surface area contributed by atoms with E-state index in [4.69, 9.17) is 9.84 Å². The second-order valence-corrected chi connectivity index (χ2v) is 10.7. The van der Waals surface area contributed by atoms with Crippen LogP contribution >= 0.6 is 12.6 Å². The van der Waals surface area contributed by atoms with E-state index >= 15 is 0 Å². The number of nitrogens with one attached hydrogen (secondary N) is 1. The molecule has 0 radical (unpaired) electrons. The molecule has 0 aromatic heterocycles. The predicted molar refractivity (Wildman–Crippen MR) is 191 cm³/mol. The quantitative estimate of drug-likeness (QED) is 0.0247. The van der Waals surface area contributed by atoms with Crippen LogP contribution in [0.2, 0.25) is 0 Å². The largest absolute Gasteiger partial charge is 0.495 e. The molecule has 0 bridgehead atoms. The summed E-state index contributed by atoms with van der Waals surface area (Å²) >= 11 is 3.53. The standard InChI is InChI=1S/C26H49NO2.C9H18O.CH4S.H2O/c1-3-4-5-6-9-15-20-25-29-26(2)21-16-11-10-13-18-23-27-22-17-12-7-8-14-19-24-28;1-2-3-4-5-6-7-8-9-10;1-2;/h15,20,24,27H,2-14,16-19,21-23,25H2,1H3;7-8,10H,2-6,9H2,1H3;2H,1H3;1H2/b20-15-;8-7-;;. The molecule has 4 N–H and O–H groups in total. The van der Waals surface area contributed by atoms with Crippen LogP contribution in [0.3, 0.4) is 0 Å². The molecule has 0 saturated carbocycles. The van der Waals surface area contributed by atoms with E-state index in [0.29, 0.717) is 6.61 Å². The lowest BCUT2D eigenvalue weighted by Gasteiger charge is -2.07. The SMILES string of the molecule is C=C(CCCCCCCNCCCCCCCC=O)OC/C=C\CCCCCC.CCCCCC/C=C\CO.CS.O. The van der Waals surface area contributed by atoms with Gasteiger partial charge in [-0.1, -0.05) is 122 Å². The van der Waals surface area contributed by atoms with Gasteiger partial charge in [0.15, 0.2) is 0 Å². The van der Waals surface area contributed by atoms with Gasteiger partial charge in [-0.05, 0) is 70.7 Å². The Balaban J connectivity index is -0.000000467. The number of hydrogen-bond acceptors (Lipinski definition) is 5. The molecule has 0 saturated heterocycles. The number of allylic oxidation sites excluding steroid dienone is 3. The maximum atomic E-state index is 10.2. The maximum Gasteiger partial charge on any atom is 0.119 e. The van der Waals surface area contributed by atoms with Crippen molar-refractivity contribution in [3.63, 3.8) is 0 Å². The van der Waals surface area contributed by atoms with Gasteiger partial charge in [0.2, 0.25) is 0 Å². The van der Waals surface area contributed by atoms with E-state index in [0.717, 1.165) is 50.8 Å². The van der Waals surface area contributed by atoms with Gasteiger partial charge in [-0.2, -0.15) is 12.6 Å². The van der Waals surface area contributed by atoms with E-state index in [1.54, 1.807) is 6.26 Å². The van der Waals surface area contributed by atoms with Gasteiger partial charge in [0.05, 0.1) is 12.4 Å². The van der Waals surface area contributed by atoms with Gasteiger partial charge in [-0.25, -0.2) is 0 Å². The first-order valence-electron chi connectivity index (χ1n) is 17.0. The Morgan fingerprint density at radius 3 is 1.64 bits per heavy atom. The molecule has 6 heteroatoms. The second kappa shape index (κ2) is 49.6. The van der Waals surface area contributed by atoms with Gasteiger partial charge < -0.3 is 25.4 Å². The van der Waals surface area contributed by atoms with E-state index in [9.17, 15) is 4.79 Å². The van der Waals surface area contributed by atoms with Crippen molar-refractivity contribution in [2.75, 3.05) is 32.6 Å². The fourth-order valence-corrected chi connectivity index (χ4v) is 4.23. The van der Waals surface area contributed by atoms with E-state index in [1.807, 2.05) is 6.08 Å². The molecule has 0 aliphatic carbocycles. The zero-order valence-electron chi connectivity index (χ0n) is 28.2. The average Bonchev–Trinajstić information content (AvgIpc) is 2.99. The Kier molecular flexibility index (Phi) is 56.5. The van der Waals surface area contributed by atoms with Gasteiger partial charge in [-0.3, -0.25) is 0 Å². The maximum absolute atomic E-state index is 10.2. The molecule has 42 heavy (non-hydrogen) atoms. The number of unbranched alkanes of at least 4 members (excludes halogenated alkanes) is 17. The third-order valence-electron chi connectivity index (χ3n) is 6.76. The van der Waals surface area contributed by atoms with Gasteiger partial charge in [0.1, 0.15) is 12.9 Å². The minimum Gasteiger partial charge on any atom is -0.495 e. The van der Waals surface area contributed by atoms with Crippen LogP contribution in [0.25, 0.3) is 0 Å². The number of carbonyl (C=O) groups is 1. The molecule has 252 valence electrons. The molecule has 5 nitrogen and oxygen atoms in total. The first-order chi connectivity index (χ1) is 20.2. The highest BCUT2D eigenvalue weighted by atomic mass is 32.1. The monoisotopic (exact) mass is 616 g/mol. The minimum atomic E-state index is 0. The molecule has 0 rings (SSSR count). The van der Waals surface area contributed by atoms with E-state index < -0.39 is 0 Å². The summed E-state index contributed by atoms with van der Waals surface area (Å²) in [6.45, 7) is 11.6. The van der Waals surface area contributed by atoms with Crippen molar-refractivity contribution in [3.05, 3.63) is 36.6 Å². The lowest BCUT2D eigenvalue weighted by Crippen LogP contribution is -2.16. The average molecular weight is 616 g/mol. The summed E-state index contributed by atoms with van der Waals surface area (Å²) in [7, 11) is 0. The molecule has 0 aromatic rings. The van der Waals surface area contributed by atoms with Crippen molar-refractivity contribution in [1.29, 1.82) is 0 Å². The number of carbonyl (C=O) groups excluding carboxylic acids is 1. The van der Waals surface area contributed by atoms with Crippen molar-refractivity contribution in [2.45, 2.75) is 155 Å². The van der Waals surface area contributed by atoms with Crippen LogP contribution in [-0.2, 0) is 9.53 Å². The second-order valence-electron chi connectivity index (χ2n) is 10.7. The smallest absolute Gasteiger partial charge is 0.119 e. The predicted octanol–water partition coefficient (Wildman–Crippen LogP) is 9.74.